The van der Waals surface area contributed by atoms with Crippen LogP contribution < -0.4 is 15.4 Å². The first kappa shape index (κ1) is 25.7. The van der Waals surface area contributed by atoms with Crippen LogP contribution in [-0.4, -0.2) is 30.3 Å². The molecule has 0 amide bonds. The van der Waals surface area contributed by atoms with Crippen LogP contribution in [0.3, 0.4) is 0 Å². The van der Waals surface area contributed by atoms with Gasteiger partial charge in [-0.1, -0.05) is 42.5 Å². The van der Waals surface area contributed by atoms with Crippen molar-refractivity contribution in [2.24, 2.45) is 4.99 Å². The van der Waals surface area contributed by atoms with Crippen LogP contribution in [0.25, 0.3) is 0 Å². The van der Waals surface area contributed by atoms with E-state index < -0.39 is 6.10 Å². The number of furan rings is 1. The van der Waals surface area contributed by atoms with Gasteiger partial charge in [0.2, 0.25) is 0 Å². The van der Waals surface area contributed by atoms with E-state index >= 15 is 0 Å². The zero-order valence-electron chi connectivity index (χ0n) is 18.5. The number of rotatable bonds is 10. The number of ether oxygens (including phenoxy) is 1. The van der Waals surface area contributed by atoms with Gasteiger partial charge in [-0.05, 0) is 49.2 Å². The maximum Gasteiger partial charge on any atom is 0.191 e. The first-order valence-corrected chi connectivity index (χ1v) is 10.6. The summed E-state index contributed by atoms with van der Waals surface area (Å²) in [5, 5.41) is 17.2. The van der Waals surface area contributed by atoms with Crippen molar-refractivity contribution in [3.05, 3.63) is 89.9 Å². The van der Waals surface area contributed by atoms with E-state index in [4.69, 9.17) is 9.15 Å². The topological polar surface area (TPSA) is 79.0 Å². The van der Waals surface area contributed by atoms with E-state index in [-0.39, 0.29) is 30.1 Å². The van der Waals surface area contributed by atoms with Gasteiger partial charge >= 0.3 is 0 Å². The summed E-state index contributed by atoms with van der Waals surface area (Å²) in [5.41, 5.74) is 1.91. The Balaban J connectivity index is 0.00000363. The molecule has 3 aromatic rings. The predicted octanol–water partition coefficient (Wildman–Crippen LogP) is 4.70. The van der Waals surface area contributed by atoms with E-state index in [1.54, 1.807) is 6.26 Å². The van der Waals surface area contributed by atoms with Crippen molar-refractivity contribution in [2.75, 3.05) is 13.1 Å². The van der Waals surface area contributed by atoms with Crippen molar-refractivity contribution in [3.8, 4) is 5.75 Å². The molecule has 172 valence electrons. The molecule has 1 unspecified atom stereocenters. The fourth-order valence-electron chi connectivity index (χ4n) is 3.07. The lowest BCUT2D eigenvalue weighted by Gasteiger charge is -2.17. The molecule has 1 atom stereocenters. The molecule has 1 heterocycles. The molecule has 3 N–H and O–H groups in total. The molecule has 3 rings (SSSR count). The summed E-state index contributed by atoms with van der Waals surface area (Å²) in [5.74, 6) is 2.31. The van der Waals surface area contributed by atoms with Gasteiger partial charge in [-0.3, -0.25) is 0 Å². The van der Waals surface area contributed by atoms with Crippen molar-refractivity contribution in [1.29, 1.82) is 0 Å². The van der Waals surface area contributed by atoms with Crippen LogP contribution in [0.4, 0.5) is 0 Å². The molecule has 7 heteroatoms. The average Bonchev–Trinajstić information content (AvgIpc) is 3.29. The highest BCUT2D eigenvalue weighted by Gasteiger charge is 2.10. The molecule has 0 aliphatic heterocycles. The minimum absolute atomic E-state index is 0. The van der Waals surface area contributed by atoms with Crippen LogP contribution in [0, 0.1) is 0 Å². The van der Waals surface area contributed by atoms with Gasteiger partial charge in [-0.15, -0.1) is 24.0 Å². The van der Waals surface area contributed by atoms with Crippen molar-refractivity contribution >= 4 is 29.9 Å². The highest BCUT2D eigenvalue weighted by molar-refractivity contribution is 14.0. The largest absolute Gasteiger partial charge is 0.491 e. The summed E-state index contributed by atoms with van der Waals surface area (Å²) in [6.07, 6.45) is 1.81. The molecular formula is C25H32IN3O3. The van der Waals surface area contributed by atoms with Crippen LogP contribution in [0.5, 0.6) is 5.75 Å². The molecule has 2 aromatic carbocycles. The summed E-state index contributed by atoms with van der Waals surface area (Å²) >= 11 is 0. The monoisotopic (exact) mass is 549 g/mol. The van der Waals surface area contributed by atoms with Crippen molar-refractivity contribution < 1.29 is 14.3 Å². The number of hydrogen-bond acceptors (Lipinski definition) is 4. The fraction of sp³-hybridized carbons (Fsp3) is 0.320. The molecule has 0 aliphatic carbocycles. The van der Waals surface area contributed by atoms with E-state index in [0.29, 0.717) is 25.6 Å². The highest BCUT2D eigenvalue weighted by Crippen LogP contribution is 2.20. The standard InChI is InChI=1S/C25H31N3O3.HI/c1-19(2)31-23-11-6-10-21(16-23)24(29)18-28-25(26-14-13-22-12-7-15-30-22)27-17-20-8-4-3-5-9-20;/h3-12,15-16,19,24,29H,13-14,17-18H2,1-2H3,(H2,26,27,28);1H. The summed E-state index contributed by atoms with van der Waals surface area (Å²) in [4.78, 5) is 4.66. The van der Waals surface area contributed by atoms with Gasteiger partial charge < -0.3 is 24.9 Å². The molecule has 0 spiro atoms. The van der Waals surface area contributed by atoms with Crippen molar-refractivity contribution in [3.63, 3.8) is 0 Å². The molecule has 6 nitrogen and oxygen atoms in total. The Kier molecular flexibility index (Phi) is 11.1. The molecule has 0 fully saturated rings. The number of guanidine groups is 1. The number of aliphatic hydroxyl groups is 1. The Morgan fingerprint density at radius 2 is 1.84 bits per heavy atom. The second-order valence-electron chi connectivity index (χ2n) is 7.54. The van der Waals surface area contributed by atoms with E-state index in [1.807, 2.05) is 80.6 Å². The summed E-state index contributed by atoms with van der Waals surface area (Å²) < 4.78 is 11.1. The Labute approximate surface area is 207 Å². The van der Waals surface area contributed by atoms with Gasteiger partial charge in [0, 0.05) is 19.5 Å². The second kappa shape index (κ2) is 13.8. The smallest absolute Gasteiger partial charge is 0.191 e. The third-order valence-corrected chi connectivity index (χ3v) is 4.58. The highest BCUT2D eigenvalue weighted by atomic mass is 127. The summed E-state index contributed by atoms with van der Waals surface area (Å²) in [7, 11) is 0. The van der Waals surface area contributed by atoms with E-state index in [1.165, 1.54) is 0 Å². The molecule has 32 heavy (non-hydrogen) atoms. The minimum atomic E-state index is -0.690. The lowest BCUT2D eigenvalue weighted by Crippen LogP contribution is -2.40. The van der Waals surface area contributed by atoms with Crippen molar-refractivity contribution in [2.45, 2.75) is 39.0 Å². The number of hydrogen-bond donors (Lipinski definition) is 3. The molecule has 0 saturated carbocycles. The normalized spacial score (nSPS) is 12.2. The number of aliphatic hydroxyl groups excluding tert-OH is 1. The Morgan fingerprint density at radius 3 is 2.56 bits per heavy atom. The third-order valence-electron chi connectivity index (χ3n) is 4.58. The number of nitrogens with zero attached hydrogens (tertiary/aromatic N) is 1. The van der Waals surface area contributed by atoms with Gasteiger partial charge in [-0.2, -0.15) is 0 Å². The number of aliphatic imine (C=N–C) groups is 1. The molecular weight excluding hydrogens is 517 g/mol. The number of halogens is 1. The van der Waals surface area contributed by atoms with E-state index in [2.05, 4.69) is 15.6 Å². The first-order chi connectivity index (χ1) is 15.1. The lowest BCUT2D eigenvalue weighted by molar-refractivity contribution is 0.179. The quantitative estimate of drug-likeness (QED) is 0.194. The SMILES string of the molecule is CC(C)Oc1cccc(C(O)CNC(=NCc2ccccc2)NCCc2ccco2)c1.I. The van der Waals surface area contributed by atoms with Crippen LogP contribution in [0.1, 0.15) is 36.8 Å². The number of benzene rings is 2. The lowest BCUT2D eigenvalue weighted by atomic mass is 10.1. The Morgan fingerprint density at radius 1 is 1.03 bits per heavy atom. The van der Waals surface area contributed by atoms with Gasteiger partial charge in [0.05, 0.1) is 25.0 Å². The van der Waals surface area contributed by atoms with Gasteiger partial charge in [0.1, 0.15) is 11.5 Å². The summed E-state index contributed by atoms with van der Waals surface area (Å²) in [6.45, 7) is 5.50. The second-order valence-corrected chi connectivity index (χ2v) is 7.54. The zero-order valence-corrected chi connectivity index (χ0v) is 20.9. The van der Waals surface area contributed by atoms with Crippen LogP contribution >= 0.6 is 24.0 Å². The van der Waals surface area contributed by atoms with Crippen LogP contribution in [-0.2, 0) is 13.0 Å². The minimum Gasteiger partial charge on any atom is -0.491 e. The van der Waals surface area contributed by atoms with Gasteiger partial charge in [0.25, 0.3) is 0 Å². The molecule has 0 saturated heterocycles. The molecule has 0 aliphatic rings. The summed E-state index contributed by atoms with van der Waals surface area (Å²) in [6, 6.07) is 21.4. The predicted molar refractivity (Wildman–Crippen MR) is 139 cm³/mol. The fourth-order valence-corrected chi connectivity index (χ4v) is 3.07. The third kappa shape index (κ3) is 8.92. The maximum atomic E-state index is 10.7. The maximum absolute atomic E-state index is 10.7. The van der Waals surface area contributed by atoms with Crippen LogP contribution in [0.15, 0.2) is 82.4 Å². The Bertz CT molecular complexity index is 931. The number of nitrogens with one attached hydrogen (secondary N) is 2. The zero-order chi connectivity index (χ0) is 21.9. The molecule has 1 aromatic heterocycles. The molecule has 0 radical (unpaired) electrons. The molecule has 0 bridgehead atoms. The average molecular weight is 549 g/mol. The Hall–Kier alpha value is -2.52. The van der Waals surface area contributed by atoms with Gasteiger partial charge in [-0.25, -0.2) is 4.99 Å². The van der Waals surface area contributed by atoms with Crippen LogP contribution in [0.2, 0.25) is 0 Å². The van der Waals surface area contributed by atoms with Crippen molar-refractivity contribution in [1.82, 2.24) is 10.6 Å². The van der Waals surface area contributed by atoms with Gasteiger partial charge in [0.15, 0.2) is 5.96 Å². The van der Waals surface area contributed by atoms with E-state index in [9.17, 15) is 5.11 Å². The first-order valence-electron chi connectivity index (χ1n) is 10.6. The van der Waals surface area contributed by atoms with E-state index in [0.717, 1.165) is 29.1 Å².